The zero-order chi connectivity index (χ0) is 19.3. The van der Waals surface area contributed by atoms with Gasteiger partial charge in [-0.05, 0) is 67.5 Å². The van der Waals surface area contributed by atoms with Gasteiger partial charge in [-0.3, -0.25) is 4.98 Å². The molecule has 0 saturated carbocycles. The second kappa shape index (κ2) is 8.38. The van der Waals surface area contributed by atoms with Gasteiger partial charge in [-0.1, -0.05) is 13.0 Å². The number of pyridine rings is 1. The van der Waals surface area contributed by atoms with E-state index in [-0.39, 0.29) is 0 Å². The molecule has 0 aliphatic heterocycles. The van der Waals surface area contributed by atoms with Crippen molar-refractivity contribution in [3.05, 3.63) is 65.6 Å². The van der Waals surface area contributed by atoms with Crippen molar-refractivity contribution in [2.24, 2.45) is 0 Å². The lowest BCUT2D eigenvalue weighted by Crippen LogP contribution is -2.22. The number of ether oxygens (including phenoxy) is 1. The van der Waals surface area contributed by atoms with Crippen molar-refractivity contribution in [1.82, 2.24) is 15.0 Å². The minimum atomic E-state index is 0.361. The van der Waals surface area contributed by atoms with Crippen molar-refractivity contribution >= 4 is 5.82 Å². The van der Waals surface area contributed by atoms with Gasteiger partial charge < -0.3 is 10.1 Å². The predicted molar refractivity (Wildman–Crippen MR) is 112 cm³/mol. The van der Waals surface area contributed by atoms with Crippen LogP contribution in [0.15, 0.2) is 48.8 Å². The molecule has 0 spiro atoms. The van der Waals surface area contributed by atoms with Crippen LogP contribution in [-0.2, 0) is 19.3 Å². The highest BCUT2D eigenvalue weighted by Gasteiger charge is 2.18. The fourth-order valence-corrected chi connectivity index (χ4v) is 3.78. The second-order valence-electron chi connectivity index (χ2n) is 7.23. The molecule has 5 nitrogen and oxygen atoms in total. The third-order valence-corrected chi connectivity index (χ3v) is 5.31. The quantitative estimate of drug-likeness (QED) is 0.668. The summed E-state index contributed by atoms with van der Waals surface area (Å²) in [4.78, 5) is 13.6. The molecular weight excluding hydrogens is 348 g/mol. The number of aromatic nitrogens is 3. The van der Waals surface area contributed by atoms with E-state index in [2.05, 4.69) is 41.5 Å². The third-order valence-electron chi connectivity index (χ3n) is 5.31. The van der Waals surface area contributed by atoms with Crippen LogP contribution >= 0.6 is 0 Å². The summed E-state index contributed by atoms with van der Waals surface area (Å²) in [6, 6.07) is 12.8. The molecule has 1 N–H and O–H groups in total. The van der Waals surface area contributed by atoms with Crippen LogP contribution in [0, 0.1) is 0 Å². The maximum absolute atomic E-state index is 5.39. The van der Waals surface area contributed by atoms with Crippen LogP contribution in [0.4, 0.5) is 5.82 Å². The molecule has 0 amide bonds. The molecule has 28 heavy (non-hydrogen) atoms. The molecule has 1 atom stereocenters. The zero-order valence-electron chi connectivity index (χ0n) is 16.5. The Morgan fingerprint density at radius 3 is 2.71 bits per heavy atom. The van der Waals surface area contributed by atoms with E-state index < -0.39 is 0 Å². The van der Waals surface area contributed by atoms with Gasteiger partial charge in [0.1, 0.15) is 11.6 Å². The standard InChI is InChI=1S/C23H26N4O/c1-3-19-15-22(27-23(26-19)16-9-11-24-12-10-16)25-20-6-4-5-17-14-21(28-2)8-7-18(17)13-20/h7-12,14-15,20H,3-6,13H2,1-2H3,(H,25,26,27). The van der Waals surface area contributed by atoms with Gasteiger partial charge in [-0.15, -0.1) is 0 Å². The number of hydrogen-bond donors (Lipinski definition) is 1. The lowest BCUT2D eigenvalue weighted by atomic mass is 10.0. The predicted octanol–water partition coefficient (Wildman–Crippen LogP) is 4.47. The highest BCUT2D eigenvalue weighted by Crippen LogP contribution is 2.27. The first-order valence-electron chi connectivity index (χ1n) is 9.96. The first kappa shape index (κ1) is 18.4. The Morgan fingerprint density at radius 2 is 1.93 bits per heavy atom. The molecule has 0 radical (unpaired) electrons. The second-order valence-corrected chi connectivity index (χ2v) is 7.23. The molecule has 4 rings (SSSR count). The van der Waals surface area contributed by atoms with Crippen LogP contribution in [0.1, 0.15) is 36.6 Å². The normalized spacial score (nSPS) is 16.1. The average molecular weight is 374 g/mol. The van der Waals surface area contributed by atoms with Crippen molar-refractivity contribution in [2.45, 2.75) is 45.1 Å². The van der Waals surface area contributed by atoms with E-state index in [9.17, 15) is 0 Å². The van der Waals surface area contributed by atoms with Gasteiger partial charge >= 0.3 is 0 Å². The number of methoxy groups -OCH3 is 1. The number of nitrogens with zero attached hydrogens (tertiary/aromatic N) is 3. The number of nitrogens with one attached hydrogen (secondary N) is 1. The Morgan fingerprint density at radius 1 is 1.07 bits per heavy atom. The summed E-state index contributed by atoms with van der Waals surface area (Å²) in [7, 11) is 1.73. The maximum atomic E-state index is 5.39. The van der Waals surface area contributed by atoms with E-state index in [0.29, 0.717) is 6.04 Å². The van der Waals surface area contributed by atoms with E-state index >= 15 is 0 Å². The minimum absolute atomic E-state index is 0.361. The highest BCUT2D eigenvalue weighted by atomic mass is 16.5. The molecule has 2 heterocycles. The monoisotopic (exact) mass is 374 g/mol. The molecule has 5 heteroatoms. The fourth-order valence-electron chi connectivity index (χ4n) is 3.78. The van der Waals surface area contributed by atoms with Crippen molar-refractivity contribution < 1.29 is 4.74 Å². The van der Waals surface area contributed by atoms with Crippen LogP contribution < -0.4 is 10.1 Å². The first-order chi connectivity index (χ1) is 13.7. The highest BCUT2D eigenvalue weighted by molar-refractivity contribution is 5.57. The Balaban J connectivity index is 1.58. The summed E-state index contributed by atoms with van der Waals surface area (Å²) in [6.45, 7) is 2.12. The molecule has 0 saturated heterocycles. The van der Waals surface area contributed by atoms with Crippen molar-refractivity contribution in [3.63, 3.8) is 0 Å². The van der Waals surface area contributed by atoms with Crippen LogP contribution in [0.3, 0.4) is 0 Å². The van der Waals surface area contributed by atoms with Gasteiger partial charge in [-0.2, -0.15) is 0 Å². The Kier molecular flexibility index (Phi) is 5.51. The maximum Gasteiger partial charge on any atom is 0.161 e. The van der Waals surface area contributed by atoms with Gasteiger partial charge in [0.05, 0.1) is 7.11 Å². The van der Waals surface area contributed by atoms with Gasteiger partial charge in [0, 0.05) is 35.8 Å². The molecule has 1 aliphatic carbocycles. The SMILES string of the molecule is CCc1cc(NC2CCCc3cc(OC)ccc3C2)nc(-c2ccncc2)n1. The zero-order valence-corrected chi connectivity index (χ0v) is 16.5. The third kappa shape index (κ3) is 4.14. The van der Waals surface area contributed by atoms with E-state index in [4.69, 9.17) is 14.7 Å². The molecule has 3 aromatic rings. The molecule has 0 bridgehead atoms. The molecule has 1 unspecified atom stereocenters. The number of aryl methyl sites for hydroxylation is 2. The average Bonchev–Trinajstić information content (AvgIpc) is 2.95. The summed E-state index contributed by atoms with van der Waals surface area (Å²) < 4.78 is 5.39. The van der Waals surface area contributed by atoms with E-state index in [1.54, 1.807) is 19.5 Å². The number of benzene rings is 1. The summed E-state index contributed by atoms with van der Waals surface area (Å²) in [6.07, 6.45) is 8.80. The number of hydrogen-bond acceptors (Lipinski definition) is 5. The van der Waals surface area contributed by atoms with Crippen LogP contribution in [0.2, 0.25) is 0 Å². The largest absolute Gasteiger partial charge is 0.497 e. The van der Waals surface area contributed by atoms with Crippen molar-refractivity contribution in [1.29, 1.82) is 0 Å². The van der Waals surface area contributed by atoms with Crippen molar-refractivity contribution in [3.8, 4) is 17.1 Å². The van der Waals surface area contributed by atoms with Crippen LogP contribution in [0.25, 0.3) is 11.4 Å². The summed E-state index contributed by atoms with van der Waals surface area (Å²) in [5, 5.41) is 3.68. The minimum Gasteiger partial charge on any atom is -0.497 e. The molecule has 144 valence electrons. The summed E-state index contributed by atoms with van der Waals surface area (Å²) in [5.41, 5.74) is 4.84. The van der Waals surface area contributed by atoms with Gasteiger partial charge in [0.2, 0.25) is 0 Å². The van der Waals surface area contributed by atoms with E-state index in [1.807, 2.05) is 12.1 Å². The first-order valence-corrected chi connectivity index (χ1v) is 9.96. The lowest BCUT2D eigenvalue weighted by Gasteiger charge is -2.19. The van der Waals surface area contributed by atoms with E-state index in [1.165, 1.54) is 11.1 Å². The molecule has 1 aliphatic rings. The summed E-state index contributed by atoms with van der Waals surface area (Å²) >= 11 is 0. The van der Waals surface area contributed by atoms with Gasteiger partial charge in [0.15, 0.2) is 5.82 Å². The van der Waals surface area contributed by atoms with Gasteiger partial charge in [-0.25, -0.2) is 9.97 Å². The topological polar surface area (TPSA) is 59.9 Å². The van der Waals surface area contributed by atoms with Crippen LogP contribution in [0.5, 0.6) is 5.75 Å². The number of fused-ring (bicyclic) bond motifs is 1. The smallest absolute Gasteiger partial charge is 0.161 e. The number of rotatable bonds is 5. The van der Waals surface area contributed by atoms with Crippen LogP contribution in [-0.4, -0.2) is 28.1 Å². The van der Waals surface area contributed by atoms with Crippen molar-refractivity contribution in [2.75, 3.05) is 12.4 Å². The Bertz CT molecular complexity index is 943. The molecule has 0 fully saturated rings. The molecule has 1 aromatic carbocycles. The lowest BCUT2D eigenvalue weighted by molar-refractivity contribution is 0.414. The Labute approximate surface area is 166 Å². The molecular formula is C23H26N4O. The number of anilines is 1. The van der Waals surface area contributed by atoms with Gasteiger partial charge in [0.25, 0.3) is 0 Å². The Hall–Kier alpha value is -2.95. The van der Waals surface area contributed by atoms with E-state index in [0.717, 1.165) is 60.8 Å². The fraction of sp³-hybridized carbons (Fsp3) is 0.348. The summed E-state index contributed by atoms with van der Waals surface area (Å²) in [5.74, 6) is 2.60. The molecule has 2 aromatic heterocycles.